The fourth-order valence-electron chi connectivity index (χ4n) is 2.75. The zero-order valence-electron chi connectivity index (χ0n) is 12.4. The summed E-state index contributed by atoms with van der Waals surface area (Å²) < 4.78 is 26.7. The van der Waals surface area contributed by atoms with Crippen molar-refractivity contribution in [3.05, 3.63) is 47.8 Å². The summed E-state index contributed by atoms with van der Waals surface area (Å²) in [4.78, 5) is 12.3. The molecule has 0 fully saturated rings. The van der Waals surface area contributed by atoms with E-state index in [0.717, 1.165) is 5.56 Å². The van der Waals surface area contributed by atoms with E-state index in [2.05, 4.69) is 5.32 Å². The van der Waals surface area contributed by atoms with Crippen LogP contribution in [0.2, 0.25) is 0 Å². The van der Waals surface area contributed by atoms with E-state index in [1.807, 2.05) is 0 Å². The minimum Gasteiger partial charge on any atom is -0.347 e. The third kappa shape index (κ3) is 2.48. The van der Waals surface area contributed by atoms with Crippen LogP contribution in [0.25, 0.3) is 0 Å². The number of benzene rings is 1. The number of hydrogen-bond acceptors (Lipinski definition) is 3. The predicted molar refractivity (Wildman–Crippen MR) is 85.7 cm³/mol. The number of anilines is 2. The van der Waals surface area contributed by atoms with Crippen molar-refractivity contribution < 1.29 is 13.2 Å². The molecule has 1 aliphatic rings. The maximum Gasteiger partial charge on any atom is 0.272 e. The third-order valence-electron chi connectivity index (χ3n) is 3.81. The number of aromatic nitrogens is 1. The Bertz CT molecular complexity index is 839. The predicted octanol–water partition coefficient (Wildman–Crippen LogP) is 1.60. The monoisotopic (exact) mass is 319 g/mol. The van der Waals surface area contributed by atoms with E-state index < -0.39 is 10.0 Å². The van der Waals surface area contributed by atoms with Crippen LogP contribution in [0.4, 0.5) is 11.4 Å². The zero-order chi connectivity index (χ0) is 15.9. The number of carbonyl (C=O) groups is 1. The van der Waals surface area contributed by atoms with Gasteiger partial charge in [-0.15, -0.1) is 0 Å². The Hall–Kier alpha value is -2.28. The molecule has 116 valence electrons. The van der Waals surface area contributed by atoms with Crippen molar-refractivity contribution in [2.24, 2.45) is 7.05 Å². The molecular formula is C15H17N3O3S. The Labute approximate surface area is 129 Å². The summed E-state index contributed by atoms with van der Waals surface area (Å²) in [5, 5.41) is 2.88. The quantitative estimate of drug-likeness (QED) is 0.934. The molecule has 22 heavy (non-hydrogen) atoms. The van der Waals surface area contributed by atoms with Crippen molar-refractivity contribution in [3.8, 4) is 0 Å². The molecule has 7 heteroatoms. The van der Waals surface area contributed by atoms with Gasteiger partial charge in [-0.2, -0.15) is 0 Å². The Kier molecular flexibility index (Phi) is 3.44. The van der Waals surface area contributed by atoms with Crippen LogP contribution < -0.4 is 9.62 Å². The molecule has 1 aromatic heterocycles. The second-order valence-electron chi connectivity index (χ2n) is 5.35. The zero-order valence-corrected chi connectivity index (χ0v) is 13.2. The van der Waals surface area contributed by atoms with Crippen molar-refractivity contribution >= 4 is 27.3 Å². The van der Waals surface area contributed by atoms with Crippen molar-refractivity contribution in [1.29, 1.82) is 0 Å². The number of rotatable bonds is 3. The lowest BCUT2D eigenvalue weighted by Gasteiger charge is -2.17. The summed E-state index contributed by atoms with van der Waals surface area (Å²) in [7, 11) is -1.49. The van der Waals surface area contributed by atoms with Gasteiger partial charge in [-0.05, 0) is 30.7 Å². The number of carbonyl (C=O) groups excluding carboxylic acids is 1. The second-order valence-corrected chi connectivity index (χ2v) is 7.25. The standard InChI is InChI=1S/C15H17N3O3S/c1-17-9-4-7-14(17)15(19)16-12-5-3-6-13-11(12)8-10-18(13)22(2,20)21/h3-7,9H,8,10H2,1-2H3,(H,16,19). The first kappa shape index (κ1) is 14.6. The topological polar surface area (TPSA) is 71.4 Å². The SMILES string of the molecule is Cn1cccc1C(=O)Nc1cccc2c1CCN2S(C)(=O)=O. The molecule has 1 amide bonds. The molecule has 2 aromatic rings. The summed E-state index contributed by atoms with van der Waals surface area (Å²) >= 11 is 0. The number of hydrogen-bond donors (Lipinski definition) is 1. The minimum absolute atomic E-state index is 0.210. The van der Waals surface area contributed by atoms with Crippen molar-refractivity contribution in [3.63, 3.8) is 0 Å². The van der Waals surface area contributed by atoms with E-state index in [0.29, 0.717) is 30.0 Å². The van der Waals surface area contributed by atoms with Gasteiger partial charge in [0.25, 0.3) is 5.91 Å². The second kappa shape index (κ2) is 5.17. The first-order valence-electron chi connectivity index (χ1n) is 6.90. The molecule has 2 heterocycles. The van der Waals surface area contributed by atoms with Crippen LogP contribution >= 0.6 is 0 Å². The number of fused-ring (bicyclic) bond motifs is 1. The molecule has 0 atom stereocenters. The fourth-order valence-corrected chi connectivity index (χ4v) is 3.70. The van der Waals surface area contributed by atoms with Crippen LogP contribution in [0.5, 0.6) is 0 Å². The first-order chi connectivity index (χ1) is 10.4. The van der Waals surface area contributed by atoms with Crippen molar-refractivity contribution in [2.75, 3.05) is 22.4 Å². The highest BCUT2D eigenvalue weighted by molar-refractivity contribution is 7.92. The molecule has 3 rings (SSSR count). The Morgan fingerprint density at radius 2 is 2.00 bits per heavy atom. The molecular weight excluding hydrogens is 302 g/mol. The minimum atomic E-state index is -3.29. The summed E-state index contributed by atoms with van der Waals surface area (Å²) in [5.74, 6) is -0.210. The Balaban J connectivity index is 1.93. The van der Waals surface area contributed by atoms with Gasteiger partial charge in [-0.1, -0.05) is 6.07 Å². The molecule has 0 saturated heterocycles. The highest BCUT2D eigenvalue weighted by Gasteiger charge is 2.28. The van der Waals surface area contributed by atoms with Crippen LogP contribution in [0.3, 0.4) is 0 Å². The first-order valence-corrected chi connectivity index (χ1v) is 8.75. The number of sulfonamides is 1. The van der Waals surface area contributed by atoms with Crippen LogP contribution in [0.1, 0.15) is 16.1 Å². The summed E-state index contributed by atoms with van der Waals surface area (Å²) in [6.07, 6.45) is 3.58. The fraction of sp³-hybridized carbons (Fsp3) is 0.267. The number of aryl methyl sites for hydroxylation is 1. The van der Waals surface area contributed by atoms with Crippen LogP contribution in [-0.4, -0.2) is 31.7 Å². The van der Waals surface area contributed by atoms with Crippen LogP contribution in [-0.2, 0) is 23.5 Å². The van der Waals surface area contributed by atoms with E-state index in [1.165, 1.54) is 10.6 Å². The smallest absolute Gasteiger partial charge is 0.272 e. The van der Waals surface area contributed by atoms with Gasteiger partial charge in [-0.25, -0.2) is 8.42 Å². The number of nitrogens with zero attached hydrogens (tertiary/aromatic N) is 2. The maximum atomic E-state index is 12.3. The van der Waals surface area contributed by atoms with Crippen LogP contribution in [0, 0.1) is 0 Å². The lowest BCUT2D eigenvalue weighted by molar-refractivity contribution is 0.101. The molecule has 0 spiro atoms. The Morgan fingerprint density at radius 1 is 1.23 bits per heavy atom. The summed E-state index contributed by atoms with van der Waals surface area (Å²) in [6.45, 7) is 0.408. The molecule has 0 radical (unpaired) electrons. The lowest BCUT2D eigenvalue weighted by Crippen LogP contribution is -2.27. The van der Waals surface area contributed by atoms with Gasteiger partial charge in [0.05, 0.1) is 11.9 Å². The van der Waals surface area contributed by atoms with Gasteiger partial charge in [0.2, 0.25) is 10.0 Å². The van der Waals surface area contributed by atoms with E-state index in [4.69, 9.17) is 0 Å². The normalized spacial score (nSPS) is 14.0. The largest absolute Gasteiger partial charge is 0.347 e. The molecule has 1 N–H and O–H groups in total. The van der Waals surface area contributed by atoms with E-state index in [1.54, 1.807) is 48.1 Å². The van der Waals surface area contributed by atoms with Gasteiger partial charge in [-0.3, -0.25) is 9.10 Å². The van der Waals surface area contributed by atoms with E-state index in [-0.39, 0.29) is 5.91 Å². The van der Waals surface area contributed by atoms with Gasteiger partial charge in [0, 0.05) is 31.0 Å². The molecule has 1 aliphatic heterocycles. The summed E-state index contributed by atoms with van der Waals surface area (Å²) in [6, 6.07) is 8.85. The molecule has 1 aromatic carbocycles. The van der Waals surface area contributed by atoms with Crippen molar-refractivity contribution in [2.45, 2.75) is 6.42 Å². The number of amides is 1. The molecule has 0 aliphatic carbocycles. The maximum absolute atomic E-state index is 12.3. The van der Waals surface area contributed by atoms with Gasteiger partial charge >= 0.3 is 0 Å². The molecule has 0 bridgehead atoms. The van der Waals surface area contributed by atoms with Gasteiger partial charge in [0.1, 0.15) is 5.69 Å². The lowest BCUT2D eigenvalue weighted by atomic mass is 10.1. The van der Waals surface area contributed by atoms with Crippen molar-refractivity contribution in [1.82, 2.24) is 4.57 Å². The van der Waals surface area contributed by atoms with E-state index >= 15 is 0 Å². The average Bonchev–Trinajstić information content (AvgIpc) is 3.04. The summed E-state index contributed by atoms with van der Waals surface area (Å²) in [5.41, 5.74) is 2.72. The molecule has 0 unspecified atom stereocenters. The number of nitrogens with one attached hydrogen (secondary N) is 1. The average molecular weight is 319 g/mol. The van der Waals surface area contributed by atoms with Crippen LogP contribution in [0.15, 0.2) is 36.5 Å². The third-order valence-corrected chi connectivity index (χ3v) is 4.99. The Morgan fingerprint density at radius 3 is 2.64 bits per heavy atom. The highest BCUT2D eigenvalue weighted by atomic mass is 32.2. The van der Waals surface area contributed by atoms with Gasteiger partial charge in [0.15, 0.2) is 0 Å². The molecule has 6 nitrogen and oxygen atoms in total. The molecule has 0 saturated carbocycles. The highest BCUT2D eigenvalue weighted by Crippen LogP contribution is 2.35. The van der Waals surface area contributed by atoms with E-state index in [9.17, 15) is 13.2 Å². The van der Waals surface area contributed by atoms with Gasteiger partial charge < -0.3 is 9.88 Å².